The molecule has 1 amide bonds. The molecule has 0 radical (unpaired) electrons. The molecule has 1 aliphatic heterocycles. The summed E-state index contributed by atoms with van der Waals surface area (Å²) in [7, 11) is 0. The molecule has 18 heavy (non-hydrogen) atoms. The number of likely N-dealkylation sites (tertiary alicyclic amines) is 1. The van der Waals surface area contributed by atoms with Crippen molar-refractivity contribution in [2.24, 2.45) is 0 Å². The summed E-state index contributed by atoms with van der Waals surface area (Å²) in [5.74, 6) is 0.677. The summed E-state index contributed by atoms with van der Waals surface area (Å²) >= 11 is 0. The van der Waals surface area contributed by atoms with E-state index in [4.69, 9.17) is 4.42 Å². The topological polar surface area (TPSA) is 45.5 Å². The number of piperidine rings is 1. The summed E-state index contributed by atoms with van der Waals surface area (Å²) in [6, 6.07) is 2.62. The molecule has 2 heterocycles. The first kappa shape index (κ1) is 13.1. The highest BCUT2D eigenvalue weighted by Crippen LogP contribution is 2.15. The van der Waals surface area contributed by atoms with Crippen molar-refractivity contribution in [1.29, 1.82) is 0 Å². The van der Waals surface area contributed by atoms with Crippen molar-refractivity contribution in [2.75, 3.05) is 13.1 Å². The van der Waals surface area contributed by atoms with Crippen molar-refractivity contribution in [1.82, 2.24) is 10.2 Å². The smallest absolute Gasteiger partial charge is 0.255 e. The molecule has 1 aromatic rings. The van der Waals surface area contributed by atoms with Crippen molar-refractivity contribution in [3.63, 3.8) is 0 Å². The van der Waals surface area contributed by atoms with Crippen molar-refractivity contribution >= 4 is 5.91 Å². The summed E-state index contributed by atoms with van der Waals surface area (Å²) in [6.07, 6.45) is 3.62. The zero-order chi connectivity index (χ0) is 13.1. The van der Waals surface area contributed by atoms with Gasteiger partial charge in [-0.05, 0) is 39.7 Å². The highest BCUT2D eigenvalue weighted by Gasteiger charge is 2.23. The van der Waals surface area contributed by atoms with Crippen LogP contribution in [0.4, 0.5) is 0 Å². The first-order valence-corrected chi connectivity index (χ1v) is 6.67. The monoisotopic (exact) mass is 250 g/mol. The number of carbonyl (C=O) groups is 1. The van der Waals surface area contributed by atoms with Gasteiger partial charge in [-0.3, -0.25) is 4.79 Å². The molecule has 1 aromatic heterocycles. The second-order valence-corrected chi connectivity index (χ2v) is 5.27. The van der Waals surface area contributed by atoms with Crippen LogP contribution in [0, 0.1) is 6.92 Å². The summed E-state index contributed by atoms with van der Waals surface area (Å²) in [5.41, 5.74) is 0.654. The van der Waals surface area contributed by atoms with E-state index in [1.807, 2.05) is 6.92 Å². The maximum Gasteiger partial charge on any atom is 0.255 e. The van der Waals surface area contributed by atoms with Gasteiger partial charge in [-0.15, -0.1) is 0 Å². The molecule has 1 N–H and O–H groups in total. The van der Waals surface area contributed by atoms with E-state index in [0.29, 0.717) is 23.4 Å². The quantitative estimate of drug-likeness (QED) is 0.894. The lowest BCUT2D eigenvalue weighted by molar-refractivity contribution is 0.0899. The number of hydrogen-bond acceptors (Lipinski definition) is 3. The van der Waals surface area contributed by atoms with Crippen LogP contribution in [0.2, 0.25) is 0 Å². The number of nitrogens with one attached hydrogen (secondary N) is 1. The zero-order valence-electron chi connectivity index (χ0n) is 11.4. The molecule has 1 aliphatic rings. The maximum absolute atomic E-state index is 12.0. The largest absolute Gasteiger partial charge is 0.469 e. The summed E-state index contributed by atoms with van der Waals surface area (Å²) in [5, 5.41) is 3.10. The molecule has 0 bridgehead atoms. The third kappa shape index (κ3) is 2.93. The Morgan fingerprint density at radius 1 is 1.44 bits per heavy atom. The Labute approximate surface area is 108 Å². The number of furan rings is 1. The number of aryl methyl sites for hydroxylation is 1. The minimum absolute atomic E-state index is 0.00996. The average molecular weight is 250 g/mol. The SMILES string of the molecule is Cc1occc1C(=O)NC1CCN(C(C)C)CC1. The van der Waals surface area contributed by atoms with E-state index in [1.54, 1.807) is 12.3 Å². The van der Waals surface area contributed by atoms with Crippen LogP contribution in [0.25, 0.3) is 0 Å². The second-order valence-electron chi connectivity index (χ2n) is 5.27. The molecular formula is C14H22N2O2. The molecule has 0 saturated carbocycles. The predicted molar refractivity (Wildman–Crippen MR) is 70.6 cm³/mol. The van der Waals surface area contributed by atoms with E-state index in [0.717, 1.165) is 25.9 Å². The van der Waals surface area contributed by atoms with E-state index in [9.17, 15) is 4.79 Å². The molecule has 0 atom stereocenters. The number of rotatable bonds is 3. The molecule has 0 unspecified atom stereocenters. The van der Waals surface area contributed by atoms with Crippen LogP contribution < -0.4 is 5.32 Å². The first-order chi connectivity index (χ1) is 8.58. The van der Waals surface area contributed by atoms with E-state index in [-0.39, 0.29) is 5.91 Å². The van der Waals surface area contributed by atoms with Crippen LogP contribution in [0.1, 0.15) is 42.8 Å². The molecule has 0 spiro atoms. The Morgan fingerprint density at radius 2 is 2.11 bits per heavy atom. The molecule has 1 fully saturated rings. The highest BCUT2D eigenvalue weighted by molar-refractivity contribution is 5.95. The molecule has 4 heteroatoms. The second kappa shape index (κ2) is 5.57. The van der Waals surface area contributed by atoms with Gasteiger partial charge in [-0.2, -0.15) is 0 Å². The van der Waals surface area contributed by atoms with Gasteiger partial charge < -0.3 is 14.6 Å². The lowest BCUT2D eigenvalue weighted by Gasteiger charge is -2.34. The Kier molecular flexibility index (Phi) is 4.07. The fourth-order valence-electron chi connectivity index (χ4n) is 2.44. The lowest BCUT2D eigenvalue weighted by Crippen LogP contribution is -2.46. The molecule has 0 aromatic carbocycles. The van der Waals surface area contributed by atoms with Crippen molar-refractivity contribution < 1.29 is 9.21 Å². The van der Waals surface area contributed by atoms with Crippen molar-refractivity contribution in [2.45, 2.75) is 45.7 Å². The third-order valence-corrected chi connectivity index (χ3v) is 3.70. The zero-order valence-corrected chi connectivity index (χ0v) is 11.4. The molecular weight excluding hydrogens is 228 g/mol. The maximum atomic E-state index is 12.0. The molecule has 2 rings (SSSR count). The Hall–Kier alpha value is -1.29. The van der Waals surface area contributed by atoms with E-state index in [1.165, 1.54) is 0 Å². The Morgan fingerprint density at radius 3 is 2.61 bits per heavy atom. The predicted octanol–water partition coefficient (Wildman–Crippen LogP) is 2.19. The molecule has 0 aliphatic carbocycles. The van der Waals surface area contributed by atoms with Gasteiger partial charge in [0.15, 0.2) is 0 Å². The standard InChI is InChI=1S/C14H22N2O2/c1-10(2)16-7-4-12(5-8-16)15-14(17)13-6-9-18-11(13)3/h6,9-10,12H,4-5,7-8H2,1-3H3,(H,15,17). The molecule has 4 nitrogen and oxygen atoms in total. The van der Waals surface area contributed by atoms with Gasteiger partial charge in [-0.1, -0.05) is 0 Å². The normalized spacial score (nSPS) is 18.2. The summed E-state index contributed by atoms with van der Waals surface area (Å²) in [4.78, 5) is 14.5. The number of amides is 1. The van der Waals surface area contributed by atoms with Crippen molar-refractivity contribution in [3.8, 4) is 0 Å². The third-order valence-electron chi connectivity index (χ3n) is 3.70. The highest BCUT2D eigenvalue weighted by atomic mass is 16.3. The van der Waals surface area contributed by atoms with Crippen LogP contribution in [0.15, 0.2) is 16.7 Å². The van der Waals surface area contributed by atoms with Crippen LogP contribution in [0.3, 0.4) is 0 Å². The van der Waals surface area contributed by atoms with E-state index in [2.05, 4.69) is 24.1 Å². The lowest BCUT2D eigenvalue weighted by atomic mass is 10.0. The fraction of sp³-hybridized carbons (Fsp3) is 0.643. The van der Waals surface area contributed by atoms with E-state index >= 15 is 0 Å². The minimum atomic E-state index is -0.00996. The van der Waals surface area contributed by atoms with Crippen LogP contribution in [0.5, 0.6) is 0 Å². The van der Waals surface area contributed by atoms with Gasteiger partial charge in [-0.25, -0.2) is 0 Å². The first-order valence-electron chi connectivity index (χ1n) is 6.67. The van der Waals surface area contributed by atoms with Gasteiger partial charge in [0.1, 0.15) is 5.76 Å². The van der Waals surface area contributed by atoms with Crippen LogP contribution in [-0.4, -0.2) is 36.0 Å². The average Bonchev–Trinajstić information content (AvgIpc) is 2.76. The number of carbonyl (C=O) groups excluding carboxylic acids is 1. The van der Waals surface area contributed by atoms with Crippen molar-refractivity contribution in [3.05, 3.63) is 23.7 Å². The fourth-order valence-corrected chi connectivity index (χ4v) is 2.44. The summed E-state index contributed by atoms with van der Waals surface area (Å²) in [6.45, 7) is 8.37. The van der Waals surface area contributed by atoms with Crippen LogP contribution >= 0.6 is 0 Å². The van der Waals surface area contributed by atoms with Gasteiger partial charge in [0.2, 0.25) is 0 Å². The summed E-state index contributed by atoms with van der Waals surface area (Å²) < 4.78 is 5.15. The number of hydrogen-bond donors (Lipinski definition) is 1. The van der Waals surface area contributed by atoms with Gasteiger partial charge in [0.25, 0.3) is 5.91 Å². The molecule has 1 saturated heterocycles. The minimum Gasteiger partial charge on any atom is -0.469 e. The van der Waals surface area contributed by atoms with E-state index < -0.39 is 0 Å². The Bertz CT molecular complexity index is 404. The number of nitrogens with zero attached hydrogens (tertiary/aromatic N) is 1. The Balaban J connectivity index is 1.85. The molecule has 100 valence electrons. The van der Waals surface area contributed by atoms with Gasteiger partial charge in [0.05, 0.1) is 11.8 Å². The van der Waals surface area contributed by atoms with Crippen LogP contribution in [-0.2, 0) is 0 Å². The van der Waals surface area contributed by atoms with Gasteiger partial charge in [0, 0.05) is 25.2 Å². The van der Waals surface area contributed by atoms with Gasteiger partial charge >= 0.3 is 0 Å².